The molecule has 5 nitrogen and oxygen atoms in total. The zero-order valence-corrected chi connectivity index (χ0v) is 12.2. The molecular weight excluding hydrogens is 292 g/mol. The predicted molar refractivity (Wildman–Crippen MR) is 88.0 cm³/mol. The molecule has 3 aromatic rings. The number of pyridine rings is 1. The highest BCUT2D eigenvalue weighted by Crippen LogP contribution is 2.29. The lowest BCUT2D eigenvalue weighted by Crippen LogP contribution is -2.14. The van der Waals surface area contributed by atoms with Gasteiger partial charge in [-0.15, -0.1) is 0 Å². The second-order valence-electron chi connectivity index (χ2n) is 4.81. The average Bonchev–Trinajstić information content (AvgIpc) is 2.58. The maximum atomic E-state index is 12.2. The molecule has 0 aliphatic carbocycles. The SMILES string of the molecule is O=C(Nc1ccccc1Oc1ccccc1)c1ccc(=O)[nH]c1. The lowest BCUT2D eigenvalue weighted by Gasteiger charge is -2.12. The lowest BCUT2D eigenvalue weighted by molar-refractivity contribution is 0.102. The standard InChI is InChI=1S/C18H14N2O3/c21-17-11-10-13(12-19-17)18(22)20-15-8-4-5-9-16(15)23-14-6-2-1-3-7-14/h1-12H,(H,19,21)(H,20,22). The van der Waals surface area contributed by atoms with Crippen molar-refractivity contribution in [2.24, 2.45) is 0 Å². The van der Waals surface area contributed by atoms with Crippen molar-refractivity contribution in [3.63, 3.8) is 0 Å². The molecule has 1 amide bonds. The fraction of sp³-hybridized carbons (Fsp3) is 0. The van der Waals surface area contributed by atoms with Crippen LogP contribution in [0.4, 0.5) is 5.69 Å². The Hall–Kier alpha value is -3.34. The van der Waals surface area contributed by atoms with Gasteiger partial charge in [-0.1, -0.05) is 30.3 Å². The Labute approximate surface area is 132 Å². The van der Waals surface area contributed by atoms with Gasteiger partial charge in [-0.05, 0) is 30.3 Å². The summed E-state index contributed by atoms with van der Waals surface area (Å²) in [4.78, 5) is 25.8. The van der Waals surface area contributed by atoms with E-state index in [9.17, 15) is 9.59 Å². The molecule has 2 N–H and O–H groups in total. The number of hydrogen-bond acceptors (Lipinski definition) is 3. The molecule has 1 heterocycles. The molecule has 0 unspecified atom stereocenters. The highest BCUT2D eigenvalue weighted by molar-refractivity contribution is 6.04. The summed E-state index contributed by atoms with van der Waals surface area (Å²) >= 11 is 0. The second-order valence-corrected chi connectivity index (χ2v) is 4.81. The van der Waals surface area contributed by atoms with Crippen molar-refractivity contribution >= 4 is 11.6 Å². The Morgan fingerprint density at radius 2 is 1.65 bits per heavy atom. The number of para-hydroxylation sites is 3. The van der Waals surface area contributed by atoms with Crippen LogP contribution in [0.2, 0.25) is 0 Å². The third-order valence-electron chi connectivity index (χ3n) is 3.15. The first-order valence-electron chi connectivity index (χ1n) is 7.04. The largest absolute Gasteiger partial charge is 0.455 e. The van der Waals surface area contributed by atoms with Crippen molar-refractivity contribution in [3.05, 3.63) is 88.8 Å². The number of anilines is 1. The van der Waals surface area contributed by atoms with Gasteiger partial charge < -0.3 is 15.0 Å². The average molecular weight is 306 g/mol. The van der Waals surface area contributed by atoms with Gasteiger partial charge >= 0.3 is 0 Å². The van der Waals surface area contributed by atoms with Gasteiger partial charge in [-0.2, -0.15) is 0 Å². The monoisotopic (exact) mass is 306 g/mol. The van der Waals surface area contributed by atoms with Gasteiger partial charge in [0, 0.05) is 12.3 Å². The number of carbonyl (C=O) groups excluding carboxylic acids is 1. The number of rotatable bonds is 4. The van der Waals surface area contributed by atoms with E-state index >= 15 is 0 Å². The molecule has 0 fully saturated rings. The van der Waals surface area contributed by atoms with Crippen molar-refractivity contribution in [1.29, 1.82) is 0 Å². The number of benzene rings is 2. The van der Waals surface area contributed by atoms with Gasteiger partial charge in [-0.3, -0.25) is 9.59 Å². The zero-order valence-electron chi connectivity index (χ0n) is 12.2. The first-order chi connectivity index (χ1) is 11.2. The molecule has 0 saturated heterocycles. The molecule has 0 aliphatic rings. The van der Waals surface area contributed by atoms with E-state index < -0.39 is 0 Å². The van der Waals surface area contributed by atoms with E-state index in [1.54, 1.807) is 18.2 Å². The summed E-state index contributed by atoms with van der Waals surface area (Å²) in [6.45, 7) is 0. The maximum absolute atomic E-state index is 12.2. The van der Waals surface area contributed by atoms with Gasteiger partial charge in [0.2, 0.25) is 5.56 Å². The van der Waals surface area contributed by atoms with E-state index in [1.807, 2.05) is 36.4 Å². The molecule has 0 spiro atoms. The highest BCUT2D eigenvalue weighted by Gasteiger charge is 2.10. The summed E-state index contributed by atoms with van der Waals surface area (Å²) in [5, 5.41) is 2.78. The van der Waals surface area contributed by atoms with Crippen LogP contribution < -0.4 is 15.6 Å². The van der Waals surface area contributed by atoms with Crippen LogP contribution in [0.1, 0.15) is 10.4 Å². The normalized spacial score (nSPS) is 10.1. The molecule has 0 radical (unpaired) electrons. The Morgan fingerprint density at radius 3 is 2.39 bits per heavy atom. The summed E-state index contributed by atoms with van der Waals surface area (Å²) in [5.41, 5.74) is 0.654. The molecule has 2 aromatic carbocycles. The Morgan fingerprint density at radius 1 is 0.913 bits per heavy atom. The van der Waals surface area contributed by atoms with Crippen LogP contribution >= 0.6 is 0 Å². The van der Waals surface area contributed by atoms with Crippen LogP contribution in [0, 0.1) is 0 Å². The zero-order chi connectivity index (χ0) is 16.1. The molecule has 0 bridgehead atoms. The van der Waals surface area contributed by atoms with Gasteiger partial charge in [0.15, 0.2) is 5.75 Å². The molecule has 0 saturated carbocycles. The summed E-state index contributed by atoms with van der Waals surface area (Å²) in [7, 11) is 0. The number of ether oxygens (including phenoxy) is 1. The number of H-pyrrole nitrogens is 1. The van der Waals surface area contributed by atoms with Crippen LogP contribution in [-0.4, -0.2) is 10.9 Å². The minimum absolute atomic E-state index is 0.255. The first kappa shape index (κ1) is 14.6. The first-order valence-corrected chi connectivity index (χ1v) is 7.04. The molecule has 114 valence electrons. The van der Waals surface area contributed by atoms with Gasteiger partial charge in [0.05, 0.1) is 11.3 Å². The van der Waals surface area contributed by atoms with E-state index in [-0.39, 0.29) is 11.5 Å². The molecule has 0 atom stereocenters. The van der Waals surface area contributed by atoms with E-state index in [4.69, 9.17) is 4.74 Å². The molecule has 23 heavy (non-hydrogen) atoms. The van der Waals surface area contributed by atoms with Crippen LogP contribution in [0.3, 0.4) is 0 Å². The van der Waals surface area contributed by atoms with Crippen molar-refractivity contribution in [1.82, 2.24) is 4.98 Å². The molecule has 1 aromatic heterocycles. The van der Waals surface area contributed by atoms with Crippen molar-refractivity contribution in [2.75, 3.05) is 5.32 Å². The third-order valence-corrected chi connectivity index (χ3v) is 3.15. The van der Waals surface area contributed by atoms with Gasteiger partial charge in [0.1, 0.15) is 5.75 Å². The fourth-order valence-corrected chi connectivity index (χ4v) is 2.02. The molecule has 3 rings (SSSR count). The summed E-state index contributed by atoms with van der Waals surface area (Å²) in [6, 6.07) is 19.2. The Kier molecular flexibility index (Phi) is 4.20. The van der Waals surface area contributed by atoms with E-state index in [0.717, 1.165) is 0 Å². The van der Waals surface area contributed by atoms with Crippen LogP contribution in [0.15, 0.2) is 77.7 Å². The minimum atomic E-state index is -0.328. The third kappa shape index (κ3) is 3.65. The highest BCUT2D eigenvalue weighted by atomic mass is 16.5. The van der Waals surface area contributed by atoms with Crippen molar-refractivity contribution in [3.8, 4) is 11.5 Å². The molecular formula is C18H14N2O3. The van der Waals surface area contributed by atoms with Crippen molar-refractivity contribution < 1.29 is 9.53 Å². The van der Waals surface area contributed by atoms with Crippen molar-refractivity contribution in [2.45, 2.75) is 0 Å². The summed E-state index contributed by atoms with van der Waals surface area (Å²) in [6.07, 6.45) is 1.37. The molecule has 0 aliphatic heterocycles. The molecule has 5 heteroatoms. The number of aromatic amines is 1. The number of hydrogen-bond donors (Lipinski definition) is 2. The topological polar surface area (TPSA) is 71.2 Å². The number of amides is 1. The Bertz CT molecular complexity index is 852. The van der Waals surface area contributed by atoms with Crippen LogP contribution in [0.25, 0.3) is 0 Å². The summed E-state index contributed by atoms with van der Waals surface area (Å²) < 4.78 is 5.79. The summed E-state index contributed by atoms with van der Waals surface area (Å²) in [5.74, 6) is 0.889. The van der Waals surface area contributed by atoms with Crippen LogP contribution in [0.5, 0.6) is 11.5 Å². The maximum Gasteiger partial charge on any atom is 0.257 e. The smallest absolute Gasteiger partial charge is 0.257 e. The van der Waals surface area contributed by atoms with E-state index in [0.29, 0.717) is 22.7 Å². The van der Waals surface area contributed by atoms with Gasteiger partial charge in [-0.25, -0.2) is 0 Å². The lowest BCUT2D eigenvalue weighted by atomic mass is 10.2. The van der Waals surface area contributed by atoms with E-state index in [2.05, 4.69) is 10.3 Å². The van der Waals surface area contributed by atoms with E-state index in [1.165, 1.54) is 18.3 Å². The Balaban J connectivity index is 1.81. The fourth-order valence-electron chi connectivity index (χ4n) is 2.02. The second kappa shape index (κ2) is 6.62. The predicted octanol–water partition coefficient (Wildman–Crippen LogP) is 3.42. The number of nitrogens with one attached hydrogen (secondary N) is 2. The van der Waals surface area contributed by atoms with Gasteiger partial charge in [0.25, 0.3) is 5.91 Å². The van der Waals surface area contributed by atoms with Crippen LogP contribution in [-0.2, 0) is 0 Å². The number of carbonyl (C=O) groups is 1. The minimum Gasteiger partial charge on any atom is -0.455 e. The number of aromatic nitrogens is 1. The quantitative estimate of drug-likeness (QED) is 0.776.